The van der Waals surface area contributed by atoms with Crippen LogP contribution in [0, 0.1) is 12.7 Å². The molecule has 3 aromatic carbocycles. The van der Waals surface area contributed by atoms with Gasteiger partial charge < -0.3 is 18.3 Å². The summed E-state index contributed by atoms with van der Waals surface area (Å²) in [6, 6.07) is 14.4. The van der Waals surface area contributed by atoms with Crippen molar-refractivity contribution in [3.8, 4) is 22.6 Å². The van der Waals surface area contributed by atoms with E-state index < -0.39 is 16.7 Å². The van der Waals surface area contributed by atoms with Crippen molar-refractivity contribution in [3.05, 3.63) is 81.5 Å². The molecule has 0 aliphatic carbocycles. The number of fused-ring (bicyclic) bond motifs is 2. The highest BCUT2D eigenvalue weighted by atomic mass is 32.1. The third-order valence-corrected chi connectivity index (χ3v) is 5.88. The molecule has 0 amide bonds. The van der Waals surface area contributed by atoms with Gasteiger partial charge in [-0.2, -0.15) is 0 Å². The first-order chi connectivity index (χ1) is 15.4. The summed E-state index contributed by atoms with van der Waals surface area (Å²) >= 11 is 0.911. The Bertz CT molecular complexity index is 1540. The van der Waals surface area contributed by atoms with Crippen LogP contribution in [0.15, 0.2) is 68.2 Å². The van der Waals surface area contributed by atoms with E-state index in [2.05, 4.69) is 0 Å². The Kier molecular flexibility index (Phi) is 4.79. The zero-order chi connectivity index (χ0) is 22.4. The summed E-state index contributed by atoms with van der Waals surface area (Å²) in [6.07, 6.45) is 0. The molecule has 32 heavy (non-hydrogen) atoms. The van der Waals surface area contributed by atoms with Gasteiger partial charge in [-0.3, -0.25) is 0 Å². The van der Waals surface area contributed by atoms with Crippen molar-refractivity contribution in [2.45, 2.75) is 6.92 Å². The SMILES string of the molecule is COc1ccc(-c2cc(OC(=O)c3oc4ccc(F)cc4c3C)cc3sc(=O)oc23)cc1. The number of esters is 1. The quantitative estimate of drug-likeness (QED) is 0.249. The molecule has 0 aliphatic rings. The number of hydrogen-bond donors (Lipinski definition) is 0. The predicted molar refractivity (Wildman–Crippen MR) is 118 cm³/mol. The lowest BCUT2D eigenvalue weighted by Crippen LogP contribution is -2.08. The maximum Gasteiger partial charge on any atom is 0.396 e. The molecule has 160 valence electrons. The highest BCUT2D eigenvalue weighted by Gasteiger charge is 2.22. The number of aryl methyl sites for hydroxylation is 1. The van der Waals surface area contributed by atoms with Crippen LogP contribution in [-0.2, 0) is 0 Å². The molecule has 0 unspecified atom stereocenters. The molecular formula is C24H15FO6S. The minimum absolute atomic E-state index is 0.0166. The van der Waals surface area contributed by atoms with E-state index >= 15 is 0 Å². The van der Waals surface area contributed by atoms with Crippen molar-refractivity contribution >= 4 is 38.6 Å². The first kappa shape index (κ1) is 20.0. The van der Waals surface area contributed by atoms with E-state index in [-0.39, 0.29) is 11.5 Å². The molecule has 2 heterocycles. The van der Waals surface area contributed by atoms with Crippen LogP contribution in [0.4, 0.5) is 4.39 Å². The molecule has 0 radical (unpaired) electrons. The second-order valence-electron chi connectivity index (χ2n) is 7.07. The average Bonchev–Trinajstić information content (AvgIpc) is 3.32. The van der Waals surface area contributed by atoms with Crippen LogP contribution in [0.25, 0.3) is 32.4 Å². The van der Waals surface area contributed by atoms with Crippen molar-refractivity contribution in [2.24, 2.45) is 0 Å². The summed E-state index contributed by atoms with van der Waals surface area (Å²) in [4.78, 5) is 24.3. The number of rotatable bonds is 4. The number of benzene rings is 3. The maximum atomic E-state index is 13.6. The van der Waals surface area contributed by atoms with Crippen LogP contribution in [0.1, 0.15) is 16.1 Å². The Morgan fingerprint density at radius 3 is 2.53 bits per heavy atom. The van der Waals surface area contributed by atoms with Gasteiger partial charge in [0.1, 0.15) is 22.9 Å². The highest BCUT2D eigenvalue weighted by Crippen LogP contribution is 2.36. The molecule has 2 aromatic heterocycles. The van der Waals surface area contributed by atoms with Crippen molar-refractivity contribution < 1.29 is 27.5 Å². The van der Waals surface area contributed by atoms with Gasteiger partial charge in [0, 0.05) is 22.6 Å². The van der Waals surface area contributed by atoms with Crippen LogP contribution < -0.4 is 14.4 Å². The summed E-state index contributed by atoms with van der Waals surface area (Å²) in [5.74, 6) is -0.273. The summed E-state index contributed by atoms with van der Waals surface area (Å²) in [6.45, 7) is 1.66. The predicted octanol–water partition coefficient (Wildman–Crippen LogP) is 5.94. The van der Waals surface area contributed by atoms with Crippen molar-refractivity contribution in [1.82, 2.24) is 0 Å². The van der Waals surface area contributed by atoms with Crippen LogP contribution in [0.2, 0.25) is 0 Å². The van der Waals surface area contributed by atoms with Gasteiger partial charge in [0.2, 0.25) is 5.76 Å². The number of carbonyl (C=O) groups excluding carboxylic acids is 1. The smallest absolute Gasteiger partial charge is 0.396 e. The molecule has 5 aromatic rings. The molecule has 0 saturated heterocycles. The minimum atomic E-state index is -0.727. The Morgan fingerprint density at radius 1 is 1.00 bits per heavy atom. The van der Waals surface area contributed by atoms with Gasteiger partial charge in [-0.1, -0.05) is 23.5 Å². The van der Waals surface area contributed by atoms with E-state index in [0.717, 1.165) is 16.9 Å². The van der Waals surface area contributed by atoms with Crippen molar-refractivity contribution in [1.29, 1.82) is 0 Å². The molecule has 6 nitrogen and oxygen atoms in total. The molecule has 0 aliphatic heterocycles. The van der Waals surface area contributed by atoms with Gasteiger partial charge in [0.25, 0.3) is 0 Å². The molecule has 0 atom stereocenters. The zero-order valence-electron chi connectivity index (χ0n) is 16.9. The zero-order valence-corrected chi connectivity index (χ0v) is 17.7. The monoisotopic (exact) mass is 450 g/mol. The van der Waals surface area contributed by atoms with Crippen LogP contribution >= 0.6 is 11.3 Å². The van der Waals surface area contributed by atoms with E-state index in [1.807, 2.05) is 12.1 Å². The molecular weight excluding hydrogens is 435 g/mol. The second kappa shape index (κ2) is 7.65. The van der Waals surface area contributed by atoms with Crippen molar-refractivity contribution in [2.75, 3.05) is 7.11 Å². The normalized spacial score (nSPS) is 11.2. The molecule has 5 rings (SSSR count). The molecule has 0 spiro atoms. The fourth-order valence-electron chi connectivity index (χ4n) is 3.54. The van der Waals surface area contributed by atoms with Crippen LogP contribution in [-0.4, -0.2) is 13.1 Å². The Labute approximate surface area is 184 Å². The van der Waals surface area contributed by atoms with Gasteiger partial charge in [-0.15, -0.1) is 0 Å². The van der Waals surface area contributed by atoms with E-state index in [1.165, 1.54) is 18.2 Å². The third-order valence-electron chi connectivity index (χ3n) is 5.10. The topological polar surface area (TPSA) is 78.9 Å². The first-order valence-corrected chi connectivity index (χ1v) is 10.4. The number of furan rings is 1. The molecule has 0 N–H and O–H groups in total. The summed E-state index contributed by atoms with van der Waals surface area (Å²) in [7, 11) is 1.57. The molecule has 0 saturated carbocycles. The van der Waals surface area contributed by atoms with Gasteiger partial charge in [0.15, 0.2) is 5.58 Å². The van der Waals surface area contributed by atoms with E-state index in [0.29, 0.717) is 38.1 Å². The van der Waals surface area contributed by atoms with E-state index in [9.17, 15) is 14.0 Å². The standard InChI is InChI=1S/C24H15FO6S/c1-12-17-9-14(25)5-8-19(17)30-21(12)23(26)29-16-10-18(13-3-6-15(28-2)7-4-13)22-20(11-16)32-24(27)31-22/h3-11H,1-2H3. The molecule has 0 fully saturated rings. The lowest BCUT2D eigenvalue weighted by atomic mass is 10.0. The van der Waals surface area contributed by atoms with Gasteiger partial charge >= 0.3 is 10.9 Å². The minimum Gasteiger partial charge on any atom is -0.497 e. The summed E-state index contributed by atoms with van der Waals surface area (Å²) in [5, 5.41) is 0.499. The number of carbonyl (C=O) groups is 1. The Balaban J connectivity index is 1.56. The van der Waals surface area contributed by atoms with Gasteiger partial charge in [-0.25, -0.2) is 14.0 Å². The molecule has 8 heteroatoms. The molecule has 0 bridgehead atoms. The van der Waals surface area contributed by atoms with Gasteiger partial charge in [-0.05, 0) is 48.9 Å². The number of halogens is 1. The first-order valence-electron chi connectivity index (χ1n) is 9.56. The number of methoxy groups -OCH3 is 1. The van der Waals surface area contributed by atoms with Gasteiger partial charge in [0.05, 0.1) is 11.8 Å². The summed E-state index contributed by atoms with van der Waals surface area (Å²) in [5.41, 5.74) is 2.62. The lowest BCUT2D eigenvalue weighted by Gasteiger charge is -2.08. The maximum absolute atomic E-state index is 13.6. The van der Waals surface area contributed by atoms with E-state index in [4.69, 9.17) is 18.3 Å². The Hall–Kier alpha value is -3.91. The van der Waals surface area contributed by atoms with Crippen molar-refractivity contribution in [3.63, 3.8) is 0 Å². The third kappa shape index (κ3) is 3.44. The average molecular weight is 450 g/mol. The largest absolute Gasteiger partial charge is 0.497 e. The lowest BCUT2D eigenvalue weighted by molar-refractivity contribution is 0.0703. The van der Waals surface area contributed by atoms with Crippen LogP contribution in [0.5, 0.6) is 11.5 Å². The highest BCUT2D eigenvalue weighted by molar-refractivity contribution is 7.16. The second-order valence-corrected chi connectivity index (χ2v) is 8.04. The fraction of sp³-hybridized carbons (Fsp3) is 0.0833. The number of hydrogen-bond acceptors (Lipinski definition) is 7. The Morgan fingerprint density at radius 2 is 1.78 bits per heavy atom. The van der Waals surface area contributed by atoms with Crippen LogP contribution in [0.3, 0.4) is 0 Å². The number of ether oxygens (including phenoxy) is 2. The fourth-order valence-corrected chi connectivity index (χ4v) is 4.26. The van der Waals surface area contributed by atoms with E-state index in [1.54, 1.807) is 38.3 Å². The summed E-state index contributed by atoms with van der Waals surface area (Å²) < 4.78 is 35.8.